The molecule has 0 spiro atoms. The van der Waals surface area contributed by atoms with E-state index in [1.807, 2.05) is 5.38 Å². The molecule has 210 valence electrons. The standard InChI is InChI=1S/C28H28ClFN4O5S/c1-3-38-21(35)13-18-14-39-26(32-18)16-6-4-15(5-7-16)23-22(28(36)37-2)24(19-9-8-17(30)12-20(19)29)34-25(33-23)27-31-10-11-40-27/h8-12,14-16,24H,3-7,13H2,1-2H3,(H,33,34)/t15-,16+,24?. The Morgan fingerprint density at radius 1 is 1.23 bits per heavy atom. The number of carbonyl (C=O) groups excluding carboxylic acids is 2. The maximum Gasteiger partial charge on any atom is 0.338 e. The molecule has 1 aromatic carbocycles. The van der Waals surface area contributed by atoms with Crippen molar-refractivity contribution in [2.24, 2.45) is 10.9 Å². The molecule has 1 aliphatic carbocycles. The van der Waals surface area contributed by atoms with E-state index >= 15 is 0 Å². The van der Waals surface area contributed by atoms with Gasteiger partial charge in [0.1, 0.15) is 18.1 Å². The molecule has 1 saturated carbocycles. The molecular formula is C28H28ClFN4O5S. The third kappa shape index (κ3) is 5.95. The lowest BCUT2D eigenvalue weighted by molar-refractivity contribution is -0.142. The molecule has 12 heteroatoms. The van der Waals surface area contributed by atoms with Crippen LogP contribution in [0, 0.1) is 11.7 Å². The third-order valence-electron chi connectivity index (χ3n) is 7.06. The van der Waals surface area contributed by atoms with E-state index < -0.39 is 17.8 Å². The summed E-state index contributed by atoms with van der Waals surface area (Å²) < 4.78 is 29.8. The highest BCUT2D eigenvalue weighted by molar-refractivity contribution is 7.11. The van der Waals surface area contributed by atoms with Crippen molar-refractivity contribution in [3.63, 3.8) is 0 Å². The normalized spacial score (nSPS) is 21.0. The molecule has 9 nitrogen and oxygen atoms in total. The van der Waals surface area contributed by atoms with Gasteiger partial charge in [-0.05, 0) is 50.7 Å². The number of allylic oxidation sites excluding steroid dienone is 1. The van der Waals surface area contributed by atoms with Crippen molar-refractivity contribution in [1.29, 1.82) is 0 Å². The fourth-order valence-electron chi connectivity index (χ4n) is 5.20. The number of hydrogen-bond acceptors (Lipinski definition) is 10. The molecule has 1 fully saturated rings. The first-order chi connectivity index (χ1) is 19.4. The van der Waals surface area contributed by atoms with Crippen molar-refractivity contribution >= 4 is 40.7 Å². The van der Waals surface area contributed by atoms with Gasteiger partial charge in [0.15, 0.2) is 16.7 Å². The van der Waals surface area contributed by atoms with Crippen LogP contribution in [0.25, 0.3) is 0 Å². The highest BCUT2D eigenvalue weighted by Crippen LogP contribution is 2.43. The minimum atomic E-state index is -0.800. The second-order valence-corrected chi connectivity index (χ2v) is 10.8. The van der Waals surface area contributed by atoms with E-state index in [2.05, 4.69) is 15.3 Å². The fraction of sp³-hybridized carbons (Fsp3) is 0.393. The van der Waals surface area contributed by atoms with Crippen molar-refractivity contribution in [2.75, 3.05) is 13.7 Å². The number of carbonyl (C=O) groups is 2. The summed E-state index contributed by atoms with van der Waals surface area (Å²) in [5.41, 5.74) is 2.08. The molecule has 2 aromatic heterocycles. The van der Waals surface area contributed by atoms with Crippen LogP contribution in [0.15, 0.2) is 56.7 Å². The second-order valence-electron chi connectivity index (χ2n) is 9.53. The summed E-state index contributed by atoms with van der Waals surface area (Å²) in [6, 6.07) is 3.26. The van der Waals surface area contributed by atoms with Crippen LogP contribution >= 0.6 is 22.9 Å². The van der Waals surface area contributed by atoms with E-state index in [0.717, 1.165) is 25.7 Å². The van der Waals surface area contributed by atoms with Crippen molar-refractivity contribution in [1.82, 2.24) is 15.3 Å². The predicted molar refractivity (Wildman–Crippen MR) is 147 cm³/mol. The van der Waals surface area contributed by atoms with Gasteiger partial charge in [-0.15, -0.1) is 11.3 Å². The van der Waals surface area contributed by atoms with Crippen molar-refractivity contribution in [3.8, 4) is 0 Å². The zero-order valence-corrected chi connectivity index (χ0v) is 23.6. The van der Waals surface area contributed by atoms with E-state index in [1.165, 1.54) is 36.8 Å². The highest BCUT2D eigenvalue weighted by Gasteiger charge is 2.38. The molecule has 0 amide bonds. The van der Waals surface area contributed by atoms with E-state index in [0.29, 0.717) is 45.9 Å². The van der Waals surface area contributed by atoms with Gasteiger partial charge in [-0.25, -0.2) is 19.2 Å². The van der Waals surface area contributed by atoms with Crippen LogP contribution in [0.2, 0.25) is 5.02 Å². The van der Waals surface area contributed by atoms with Crippen LogP contribution in [-0.4, -0.2) is 41.5 Å². The van der Waals surface area contributed by atoms with E-state index in [9.17, 15) is 14.0 Å². The topological polar surface area (TPSA) is 116 Å². The Bertz CT molecular complexity index is 1450. The van der Waals surface area contributed by atoms with E-state index in [4.69, 9.17) is 30.5 Å². The first kappa shape index (κ1) is 28.0. The first-order valence-electron chi connectivity index (χ1n) is 13.0. The number of hydrogen-bond donors (Lipinski definition) is 1. The summed E-state index contributed by atoms with van der Waals surface area (Å²) in [6.07, 6.45) is 6.24. The Morgan fingerprint density at radius 2 is 2.00 bits per heavy atom. The summed E-state index contributed by atoms with van der Waals surface area (Å²) in [4.78, 5) is 38.8. The lowest BCUT2D eigenvalue weighted by Gasteiger charge is -2.34. The average Bonchev–Trinajstić information content (AvgIpc) is 3.65. The Hall–Kier alpha value is -3.57. The summed E-state index contributed by atoms with van der Waals surface area (Å²) in [5.74, 6) is -0.192. The number of esters is 2. The maximum absolute atomic E-state index is 13.9. The Kier molecular flexibility index (Phi) is 8.60. The number of amidine groups is 1. The van der Waals surface area contributed by atoms with Crippen LogP contribution in [0.3, 0.4) is 0 Å². The molecular weight excluding hydrogens is 559 g/mol. The zero-order valence-electron chi connectivity index (χ0n) is 22.0. The number of nitrogens with zero attached hydrogens (tertiary/aromatic N) is 3. The van der Waals surface area contributed by atoms with Gasteiger partial charge in [0.25, 0.3) is 0 Å². The van der Waals surface area contributed by atoms with Crippen LogP contribution in [0.1, 0.15) is 66.7 Å². The monoisotopic (exact) mass is 586 g/mol. The smallest absolute Gasteiger partial charge is 0.338 e. The lowest BCUT2D eigenvalue weighted by atomic mass is 9.78. The number of benzene rings is 1. The summed E-state index contributed by atoms with van der Waals surface area (Å²) in [6.45, 7) is 2.07. The van der Waals surface area contributed by atoms with Crippen molar-refractivity contribution in [2.45, 2.75) is 51.0 Å². The fourth-order valence-corrected chi connectivity index (χ4v) is 6.06. The Labute approximate surface area is 239 Å². The lowest BCUT2D eigenvalue weighted by Crippen LogP contribution is -2.37. The number of oxazole rings is 1. The van der Waals surface area contributed by atoms with Gasteiger partial charge in [0.2, 0.25) is 0 Å². The predicted octanol–water partition coefficient (Wildman–Crippen LogP) is 5.52. The van der Waals surface area contributed by atoms with Gasteiger partial charge in [-0.1, -0.05) is 17.7 Å². The Morgan fingerprint density at radius 3 is 2.67 bits per heavy atom. The van der Waals surface area contributed by atoms with E-state index in [-0.39, 0.29) is 29.2 Å². The van der Waals surface area contributed by atoms with Crippen LogP contribution in [0.5, 0.6) is 0 Å². The molecule has 3 aromatic rings. The van der Waals surface area contributed by atoms with E-state index in [1.54, 1.807) is 19.2 Å². The minimum Gasteiger partial charge on any atom is -0.466 e. The molecule has 1 unspecified atom stereocenters. The van der Waals surface area contributed by atoms with Crippen LogP contribution < -0.4 is 5.32 Å². The van der Waals surface area contributed by atoms with Crippen LogP contribution in [0.4, 0.5) is 4.39 Å². The summed E-state index contributed by atoms with van der Waals surface area (Å²) >= 11 is 7.87. The SMILES string of the molecule is CCOC(=O)Cc1coc([C@H]2CC[C@@H](C3=C(C(=O)OC)C(c4ccc(F)cc4Cl)N=C(c4nccs4)N3)CC2)n1. The molecule has 0 saturated heterocycles. The van der Waals surface area contributed by atoms with Crippen molar-refractivity contribution in [3.05, 3.63) is 80.3 Å². The molecule has 5 rings (SSSR count). The second kappa shape index (κ2) is 12.3. The van der Waals surface area contributed by atoms with Gasteiger partial charge < -0.3 is 19.2 Å². The average molecular weight is 587 g/mol. The first-order valence-corrected chi connectivity index (χ1v) is 14.3. The van der Waals surface area contributed by atoms with Gasteiger partial charge in [0.05, 0.1) is 31.4 Å². The third-order valence-corrected chi connectivity index (χ3v) is 8.16. The Balaban J connectivity index is 1.43. The van der Waals surface area contributed by atoms with Crippen LogP contribution in [-0.2, 0) is 25.5 Å². The van der Waals surface area contributed by atoms with Gasteiger partial charge in [-0.2, -0.15) is 0 Å². The molecule has 2 aliphatic rings. The number of aliphatic imine (C=N–C) groups is 1. The number of methoxy groups -OCH3 is 1. The van der Waals surface area contributed by atoms with Crippen molar-refractivity contribution < 1.29 is 27.9 Å². The largest absolute Gasteiger partial charge is 0.466 e. The number of thiazole rings is 1. The van der Waals surface area contributed by atoms with Gasteiger partial charge >= 0.3 is 11.9 Å². The molecule has 1 N–H and O–H groups in total. The summed E-state index contributed by atoms with van der Waals surface area (Å²) in [7, 11) is 1.32. The molecule has 40 heavy (non-hydrogen) atoms. The quantitative estimate of drug-likeness (QED) is 0.343. The minimum absolute atomic E-state index is 0.0218. The maximum atomic E-state index is 13.9. The number of aromatic nitrogens is 2. The molecule has 1 atom stereocenters. The number of rotatable bonds is 8. The number of nitrogens with one attached hydrogen (secondary N) is 1. The number of ether oxygens (including phenoxy) is 2. The van der Waals surface area contributed by atoms with Gasteiger partial charge in [-0.3, -0.25) is 9.79 Å². The summed E-state index contributed by atoms with van der Waals surface area (Å²) in [5, 5.41) is 6.05. The molecule has 3 heterocycles. The number of halogens is 2. The molecule has 0 radical (unpaired) electrons. The highest BCUT2D eigenvalue weighted by atomic mass is 35.5. The zero-order chi connectivity index (χ0) is 28.2. The molecule has 1 aliphatic heterocycles. The van der Waals surface area contributed by atoms with Gasteiger partial charge in [0, 0.05) is 33.8 Å². The molecule has 0 bridgehead atoms.